The first kappa shape index (κ1) is 15.1. The summed E-state index contributed by atoms with van der Waals surface area (Å²) in [6.07, 6.45) is 0.608. The first-order chi connectivity index (χ1) is 9.30. The van der Waals surface area contributed by atoms with Gasteiger partial charge in [0.15, 0.2) is 9.84 Å². The molecule has 1 aliphatic rings. The highest BCUT2D eigenvalue weighted by molar-refractivity contribution is 7.91. The van der Waals surface area contributed by atoms with E-state index in [0.717, 1.165) is 5.00 Å². The van der Waals surface area contributed by atoms with Gasteiger partial charge in [0, 0.05) is 27.2 Å². The lowest BCUT2D eigenvalue weighted by Crippen LogP contribution is -2.25. The molecule has 8 heteroatoms. The van der Waals surface area contributed by atoms with Crippen molar-refractivity contribution in [3.8, 4) is 0 Å². The summed E-state index contributed by atoms with van der Waals surface area (Å²) in [5, 5.41) is 0.866. The van der Waals surface area contributed by atoms with Crippen molar-refractivity contribution >= 4 is 37.8 Å². The maximum atomic E-state index is 12.0. The predicted octanol–water partition coefficient (Wildman–Crippen LogP) is 0.657. The summed E-state index contributed by atoms with van der Waals surface area (Å²) in [6.45, 7) is 1.13. The lowest BCUT2D eigenvalue weighted by Gasteiger charge is -2.19. The van der Waals surface area contributed by atoms with Gasteiger partial charge in [-0.05, 0) is 12.5 Å². The van der Waals surface area contributed by atoms with Gasteiger partial charge >= 0.3 is 0 Å². The highest BCUT2D eigenvalue weighted by atomic mass is 32.2. The van der Waals surface area contributed by atoms with E-state index in [9.17, 15) is 13.2 Å². The summed E-state index contributed by atoms with van der Waals surface area (Å²) in [6, 6.07) is 1.76. The van der Waals surface area contributed by atoms with E-state index in [-0.39, 0.29) is 17.4 Å². The molecule has 0 unspecified atom stereocenters. The van der Waals surface area contributed by atoms with Crippen molar-refractivity contribution in [1.82, 2.24) is 4.90 Å². The number of carbonyl (C=O) groups is 1. The molecule has 20 heavy (non-hydrogen) atoms. The maximum Gasteiger partial charge on any atom is 0.265 e. The SMILES string of the molecule is CN(C)C(=O)c1sc(N2CCCS(=O)(=O)CC2)cc1N. The average molecular weight is 317 g/mol. The van der Waals surface area contributed by atoms with E-state index in [1.807, 2.05) is 4.90 Å². The summed E-state index contributed by atoms with van der Waals surface area (Å²) in [5.74, 6) is 0.261. The molecule has 0 spiro atoms. The zero-order chi connectivity index (χ0) is 14.9. The standard InChI is InChI=1S/C12H19N3O3S2/c1-14(2)12(16)11-9(13)8-10(19-11)15-4-3-6-20(17,18)7-5-15/h8H,3-7,13H2,1-2H3. The number of anilines is 2. The Morgan fingerprint density at radius 1 is 1.35 bits per heavy atom. The van der Waals surface area contributed by atoms with Crippen molar-refractivity contribution in [2.24, 2.45) is 0 Å². The van der Waals surface area contributed by atoms with Crippen molar-refractivity contribution in [2.75, 3.05) is 49.3 Å². The Kier molecular flexibility index (Phi) is 4.24. The van der Waals surface area contributed by atoms with Crippen LogP contribution in [0.3, 0.4) is 0 Å². The number of nitrogens with two attached hydrogens (primary N) is 1. The van der Waals surface area contributed by atoms with E-state index >= 15 is 0 Å². The highest BCUT2D eigenvalue weighted by Gasteiger charge is 2.23. The van der Waals surface area contributed by atoms with Gasteiger partial charge in [-0.1, -0.05) is 0 Å². The molecular formula is C12H19N3O3S2. The number of sulfone groups is 1. The molecule has 1 saturated heterocycles. The van der Waals surface area contributed by atoms with E-state index in [2.05, 4.69) is 0 Å². The van der Waals surface area contributed by atoms with Gasteiger partial charge in [0.2, 0.25) is 0 Å². The molecule has 2 heterocycles. The van der Waals surface area contributed by atoms with Crippen LogP contribution >= 0.6 is 11.3 Å². The minimum Gasteiger partial charge on any atom is -0.397 e. The third-order valence-electron chi connectivity index (χ3n) is 3.22. The monoisotopic (exact) mass is 317 g/mol. The van der Waals surface area contributed by atoms with Crippen LogP contribution in [0.5, 0.6) is 0 Å². The summed E-state index contributed by atoms with van der Waals surface area (Å²) in [5.41, 5.74) is 6.35. The van der Waals surface area contributed by atoms with Gasteiger partial charge in [-0.25, -0.2) is 8.42 Å². The molecule has 1 fully saturated rings. The average Bonchev–Trinajstić information content (AvgIpc) is 2.64. The molecule has 1 aromatic heterocycles. The van der Waals surface area contributed by atoms with E-state index in [1.54, 1.807) is 20.2 Å². The first-order valence-electron chi connectivity index (χ1n) is 6.36. The predicted molar refractivity (Wildman–Crippen MR) is 82.2 cm³/mol. The zero-order valence-corrected chi connectivity index (χ0v) is 13.3. The van der Waals surface area contributed by atoms with Crippen LogP contribution in [0.2, 0.25) is 0 Å². The fraction of sp³-hybridized carbons (Fsp3) is 0.583. The molecule has 1 aromatic rings. The van der Waals surface area contributed by atoms with E-state index in [1.165, 1.54) is 16.2 Å². The van der Waals surface area contributed by atoms with E-state index in [4.69, 9.17) is 5.73 Å². The molecule has 6 nitrogen and oxygen atoms in total. The molecule has 0 aromatic carbocycles. The molecule has 0 aliphatic carbocycles. The Morgan fingerprint density at radius 3 is 2.70 bits per heavy atom. The quantitative estimate of drug-likeness (QED) is 0.866. The minimum atomic E-state index is -2.94. The lowest BCUT2D eigenvalue weighted by molar-refractivity contribution is 0.0833. The number of nitrogen functional groups attached to an aromatic ring is 1. The maximum absolute atomic E-state index is 12.0. The second-order valence-corrected chi connectivity index (χ2v) is 8.40. The van der Waals surface area contributed by atoms with Crippen molar-refractivity contribution in [3.05, 3.63) is 10.9 Å². The number of rotatable bonds is 2. The van der Waals surface area contributed by atoms with Gasteiger partial charge < -0.3 is 15.5 Å². The molecule has 1 amide bonds. The van der Waals surface area contributed by atoms with Crippen LogP contribution in [0.1, 0.15) is 16.1 Å². The van der Waals surface area contributed by atoms with E-state index in [0.29, 0.717) is 30.1 Å². The molecule has 0 atom stereocenters. The fourth-order valence-electron chi connectivity index (χ4n) is 2.08. The molecule has 0 saturated carbocycles. The normalized spacial score (nSPS) is 18.6. The minimum absolute atomic E-state index is 0.124. The fourth-order valence-corrected chi connectivity index (χ4v) is 4.50. The van der Waals surface area contributed by atoms with Gasteiger partial charge in [-0.15, -0.1) is 11.3 Å². The van der Waals surface area contributed by atoms with Gasteiger partial charge in [0.1, 0.15) is 4.88 Å². The number of carbonyl (C=O) groups excluding carboxylic acids is 1. The van der Waals surface area contributed by atoms with E-state index < -0.39 is 9.84 Å². The third-order valence-corrected chi connectivity index (χ3v) is 6.13. The second kappa shape index (κ2) is 5.61. The molecule has 1 aliphatic heterocycles. The Bertz CT molecular complexity index is 607. The van der Waals surface area contributed by atoms with Crippen molar-refractivity contribution < 1.29 is 13.2 Å². The van der Waals surface area contributed by atoms with Crippen LogP contribution in [0, 0.1) is 0 Å². The summed E-state index contributed by atoms with van der Waals surface area (Å²) in [4.78, 5) is 16.0. The Morgan fingerprint density at radius 2 is 2.05 bits per heavy atom. The molecular weight excluding hydrogens is 298 g/mol. The first-order valence-corrected chi connectivity index (χ1v) is 9.00. The van der Waals surface area contributed by atoms with Crippen LogP contribution in [-0.4, -0.2) is 57.9 Å². The summed E-state index contributed by atoms with van der Waals surface area (Å²) < 4.78 is 23.2. The summed E-state index contributed by atoms with van der Waals surface area (Å²) in [7, 11) is 0.424. The third kappa shape index (κ3) is 3.24. The summed E-state index contributed by atoms with van der Waals surface area (Å²) >= 11 is 1.33. The lowest BCUT2D eigenvalue weighted by atomic mass is 10.3. The van der Waals surface area contributed by atoms with Gasteiger partial charge in [-0.3, -0.25) is 4.79 Å². The molecule has 2 rings (SSSR count). The molecule has 112 valence electrons. The smallest absolute Gasteiger partial charge is 0.265 e. The van der Waals surface area contributed by atoms with Crippen molar-refractivity contribution in [2.45, 2.75) is 6.42 Å². The van der Waals surface area contributed by atoms with Crippen LogP contribution in [-0.2, 0) is 9.84 Å². The van der Waals surface area contributed by atoms with Gasteiger partial charge in [0.05, 0.1) is 22.2 Å². The Hall–Kier alpha value is -1.28. The van der Waals surface area contributed by atoms with Gasteiger partial charge in [-0.2, -0.15) is 0 Å². The second-order valence-electron chi connectivity index (χ2n) is 5.06. The number of hydrogen-bond donors (Lipinski definition) is 1. The number of thiophene rings is 1. The van der Waals surface area contributed by atoms with Crippen molar-refractivity contribution in [1.29, 1.82) is 0 Å². The largest absolute Gasteiger partial charge is 0.397 e. The number of nitrogens with zero attached hydrogens (tertiary/aromatic N) is 2. The van der Waals surface area contributed by atoms with Crippen LogP contribution in [0.4, 0.5) is 10.7 Å². The molecule has 0 bridgehead atoms. The van der Waals surface area contributed by atoms with Gasteiger partial charge in [0.25, 0.3) is 5.91 Å². The zero-order valence-electron chi connectivity index (χ0n) is 11.6. The topological polar surface area (TPSA) is 83.7 Å². The van der Waals surface area contributed by atoms with Crippen LogP contribution < -0.4 is 10.6 Å². The number of amides is 1. The Labute approximate surface area is 123 Å². The number of hydrogen-bond acceptors (Lipinski definition) is 6. The molecule has 0 radical (unpaired) electrons. The van der Waals surface area contributed by atoms with Crippen LogP contribution in [0.25, 0.3) is 0 Å². The van der Waals surface area contributed by atoms with Crippen LogP contribution in [0.15, 0.2) is 6.07 Å². The Balaban J connectivity index is 2.22. The molecule has 2 N–H and O–H groups in total. The highest BCUT2D eigenvalue weighted by Crippen LogP contribution is 2.33. The van der Waals surface area contributed by atoms with Crippen molar-refractivity contribution in [3.63, 3.8) is 0 Å².